The minimum atomic E-state index is -0.438. The highest BCUT2D eigenvalue weighted by atomic mass is 127. The van der Waals surface area contributed by atoms with Gasteiger partial charge in [0.2, 0.25) is 0 Å². The molecule has 1 atom stereocenters. The third-order valence-electron chi connectivity index (χ3n) is 2.91. The summed E-state index contributed by atoms with van der Waals surface area (Å²) in [5, 5.41) is 13.8. The van der Waals surface area contributed by atoms with Crippen LogP contribution in [0.2, 0.25) is 0 Å². The number of hydrogen-bond acceptors (Lipinski definition) is 3. The molecule has 1 unspecified atom stereocenters. The predicted octanol–water partition coefficient (Wildman–Crippen LogP) is 4.51. The van der Waals surface area contributed by atoms with E-state index in [0.717, 1.165) is 9.26 Å². The predicted molar refractivity (Wildman–Crippen MR) is 84.3 cm³/mol. The average Bonchev–Trinajstić information content (AvgIpc) is 2.41. The molecule has 2 aromatic rings. The standard InChI is InChI=1S/C14H12FIN2O2/c1-9(11-4-2-3-5-12(11)15)17-14-7-6-10(18(19)20)8-13(14)16/h2-9,17H,1H3. The van der Waals surface area contributed by atoms with E-state index in [-0.39, 0.29) is 17.5 Å². The van der Waals surface area contributed by atoms with E-state index in [4.69, 9.17) is 0 Å². The first kappa shape index (κ1) is 14.7. The number of nitrogens with zero attached hydrogens (tertiary/aromatic N) is 1. The quantitative estimate of drug-likeness (QED) is 0.478. The van der Waals surface area contributed by atoms with Gasteiger partial charge in [-0.1, -0.05) is 18.2 Å². The SMILES string of the molecule is CC(Nc1ccc([N+](=O)[O-])cc1I)c1ccccc1F. The van der Waals surface area contributed by atoms with Crippen molar-refractivity contribution in [3.63, 3.8) is 0 Å². The van der Waals surface area contributed by atoms with Gasteiger partial charge >= 0.3 is 0 Å². The first-order chi connectivity index (χ1) is 9.49. The molecular formula is C14H12FIN2O2. The first-order valence-corrected chi connectivity index (χ1v) is 7.02. The fourth-order valence-electron chi connectivity index (χ4n) is 1.87. The summed E-state index contributed by atoms with van der Waals surface area (Å²) in [7, 11) is 0. The molecule has 1 N–H and O–H groups in total. The molecule has 0 aliphatic carbocycles. The summed E-state index contributed by atoms with van der Waals surface area (Å²) in [5.74, 6) is -0.274. The van der Waals surface area contributed by atoms with Gasteiger partial charge in [-0.15, -0.1) is 0 Å². The van der Waals surface area contributed by atoms with Crippen molar-refractivity contribution in [2.75, 3.05) is 5.32 Å². The Balaban J connectivity index is 2.22. The Labute approximate surface area is 129 Å². The van der Waals surface area contributed by atoms with Crippen molar-refractivity contribution in [2.24, 2.45) is 0 Å². The average molecular weight is 386 g/mol. The molecular weight excluding hydrogens is 374 g/mol. The monoisotopic (exact) mass is 386 g/mol. The second-order valence-corrected chi connectivity index (χ2v) is 5.47. The van der Waals surface area contributed by atoms with E-state index in [1.807, 2.05) is 29.5 Å². The van der Waals surface area contributed by atoms with Crippen molar-refractivity contribution in [1.29, 1.82) is 0 Å². The van der Waals surface area contributed by atoms with Crippen LogP contribution in [-0.2, 0) is 0 Å². The van der Waals surface area contributed by atoms with E-state index in [2.05, 4.69) is 5.32 Å². The van der Waals surface area contributed by atoms with Gasteiger partial charge in [0.1, 0.15) is 5.82 Å². The van der Waals surface area contributed by atoms with Crippen LogP contribution in [0.4, 0.5) is 15.8 Å². The maximum Gasteiger partial charge on any atom is 0.270 e. The summed E-state index contributed by atoms with van der Waals surface area (Å²) in [6, 6.07) is 10.9. The lowest BCUT2D eigenvalue weighted by Gasteiger charge is -2.17. The molecule has 0 aromatic heterocycles. The third kappa shape index (κ3) is 3.24. The minimum absolute atomic E-state index is 0.0403. The van der Waals surface area contributed by atoms with Crippen molar-refractivity contribution in [2.45, 2.75) is 13.0 Å². The van der Waals surface area contributed by atoms with Gasteiger partial charge in [-0.3, -0.25) is 10.1 Å². The number of nitro groups is 1. The lowest BCUT2D eigenvalue weighted by atomic mass is 10.1. The van der Waals surface area contributed by atoms with E-state index in [0.29, 0.717) is 5.56 Å². The summed E-state index contributed by atoms with van der Waals surface area (Å²) in [6.45, 7) is 1.84. The van der Waals surface area contributed by atoms with Crippen molar-refractivity contribution in [3.05, 3.63) is 67.5 Å². The number of nitro benzene ring substituents is 1. The molecule has 6 heteroatoms. The van der Waals surface area contributed by atoms with Crippen molar-refractivity contribution in [3.8, 4) is 0 Å². The molecule has 0 aliphatic heterocycles. The number of halogens is 2. The molecule has 0 heterocycles. The molecule has 2 rings (SSSR count). The Morgan fingerprint density at radius 1 is 1.30 bits per heavy atom. The van der Waals surface area contributed by atoms with Crippen LogP contribution >= 0.6 is 22.6 Å². The molecule has 0 amide bonds. The zero-order valence-electron chi connectivity index (χ0n) is 10.6. The Kier molecular flexibility index (Phi) is 4.53. The fourth-order valence-corrected chi connectivity index (χ4v) is 2.53. The number of rotatable bonds is 4. The molecule has 0 radical (unpaired) electrons. The first-order valence-electron chi connectivity index (χ1n) is 5.94. The van der Waals surface area contributed by atoms with E-state index >= 15 is 0 Å². The van der Waals surface area contributed by atoms with E-state index < -0.39 is 4.92 Å². The molecule has 0 saturated carbocycles. The Bertz CT molecular complexity index is 649. The summed E-state index contributed by atoms with van der Waals surface area (Å²) >= 11 is 2.02. The van der Waals surface area contributed by atoms with Gasteiger partial charge < -0.3 is 5.32 Å². The third-order valence-corrected chi connectivity index (χ3v) is 3.80. The largest absolute Gasteiger partial charge is 0.378 e. The lowest BCUT2D eigenvalue weighted by Crippen LogP contribution is -2.09. The smallest absolute Gasteiger partial charge is 0.270 e. The summed E-state index contributed by atoms with van der Waals surface area (Å²) in [5.41, 5.74) is 1.34. The molecule has 0 fully saturated rings. The van der Waals surface area contributed by atoms with Gasteiger partial charge in [-0.25, -0.2) is 4.39 Å². The molecule has 2 aromatic carbocycles. The van der Waals surface area contributed by atoms with Crippen LogP contribution in [0, 0.1) is 19.5 Å². The van der Waals surface area contributed by atoms with E-state index in [1.165, 1.54) is 18.2 Å². The van der Waals surface area contributed by atoms with Crippen LogP contribution in [-0.4, -0.2) is 4.92 Å². The molecule has 4 nitrogen and oxygen atoms in total. The molecule has 0 saturated heterocycles. The number of non-ortho nitro benzene ring substituents is 1. The number of benzene rings is 2. The molecule has 20 heavy (non-hydrogen) atoms. The number of nitrogens with one attached hydrogen (secondary N) is 1. The van der Waals surface area contributed by atoms with E-state index in [9.17, 15) is 14.5 Å². The lowest BCUT2D eigenvalue weighted by molar-refractivity contribution is -0.384. The summed E-state index contributed by atoms with van der Waals surface area (Å²) in [6.07, 6.45) is 0. The van der Waals surface area contributed by atoms with Gasteiger partial charge in [0.25, 0.3) is 5.69 Å². The number of hydrogen-bond donors (Lipinski definition) is 1. The Hall–Kier alpha value is -1.70. The zero-order chi connectivity index (χ0) is 14.7. The van der Waals surface area contributed by atoms with E-state index in [1.54, 1.807) is 24.3 Å². The molecule has 0 spiro atoms. The maximum absolute atomic E-state index is 13.7. The molecule has 0 aliphatic rings. The minimum Gasteiger partial charge on any atom is -0.378 e. The maximum atomic E-state index is 13.7. The van der Waals surface area contributed by atoms with Crippen LogP contribution in [0.5, 0.6) is 0 Å². The van der Waals surface area contributed by atoms with Crippen molar-refractivity contribution < 1.29 is 9.31 Å². The van der Waals surface area contributed by atoms with Crippen LogP contribution < -0.4 is 5.32 Å². The Morgan fingerprint density at radius 3 is 2.60 bits per heavy atom. The van der Waals surface area contributed by atoms with Crippen LogP contribution in [0.3, 0.4) is 0 Å². The van der Waals surface area contributed by atoms with Gasteiger partial charge in [0, 0.05) is 27.0 Å². The van der Waals surface area contributed by atoms with Gasteiger partial charge in [-0.2, -0.15) is 0 Å². The van der Waals surface area contributed by atoms with Gasteiger partial charge in [0.15, 0.2) is 0 Å². The summed E-state index contributed by atoms with van der Waals surface area (Å²) in [4.78, 5) is 10.2. The second-order valence-electron chi connectivity index (χ2n) is 4.31. The zero-order valence-corrected chi connectivity index (χ0v) is 12.8. The van der Waals surface area contributed by atoms with Gasteiger partial charge in [-0.05, 0) is 41.6 Å². The van der Waals surface area contributed by atoms with Crippen molar-refractivity contribution >= 4 is 34.0 Å². The Morgan fingerprint density at radius 2 is 2.00 bits per heavy atom. The fraction of sp³-hybridized carbons (Fsp3) is 0.143. The van der Waals surface area contributed by atoms with Crippen LogP contribution in [0.1, 0.15) is 18.5 Å². The highest BCUT2D eigenvalue weighted by molar-refractivity contribution is 14.1. The molecule has 0 bridgehead atoms. The van der Waals surface area contributed by atoms with Crippen molar-refractivity contribution in [1.82, 2.24) is 0 Å². The topological polar surface area (TPSA) is 55.2 Å². The highest BCUT2D eigenvalue weighted by Gasteiger charge is 2.13. The number of anilines is 1. The van der Waals surface area contributed by atoms with Gasteiger partial charge in [0.05, 0.1) is 11.0 Å². The summed E-state index contributed by atoms with van der Waals surface area (Å²) < 4.78 is 14.4. The van der Waals surface area contributed by atoms with Crippen LogP contribution in [0.25, 0.3) is 0 Å². The van der Waals surface area contributed by atoms with Crippen LogP contribution in [0.15, 0.2) is 42.5 Å². The highest BCUT2D eigenvalue weighted by Crippen LogP contribution is 2.27. The normalized spacial score (nSPS) is 11.9. The molecule has 104 valence electrons. The second kappa shape index (κ2) is 6.17.